The van der Waals surface area contributed by atoms with Crippen LogP contribution in [0.4, 0.5) is 0 Å². The lowest BCUT2D eigenvalue weighted by Crippen LogP contribution is -2.60. The number of carbonyl (C=O) groups is 4. The third kappa shape index (κ3) is 1.81. The van der Waals surface area contributed by atoms with E-state index in [-0.39, 0.29) is 13.0 Å². The summed E-state index contributed by atoms with van der Waals surface area (Å²) in [5.41, 5.74) is -5.04. The van der Waals surface area contributed by atoms with Gasteiger partial charge in [-0.1, -0.05) is 0 Å². The first-order chi connectivity index (χ1) is 7.73. The van der Waals surface area contributed by atoms with Crippen molar-refractivity contribution in [3.63, 3.8) is 0 Å². The summed E-state index contributed by atoms with van der Waals surface area (Å²) in [6, 6.07) is 0. The number of ether oxygens (including phenoxy) is 1. The Labute approximate surface area is 115 Å². The van der Waals surface area contributed by atoms with Gasteiger partial charge in [0.25, 0.3) is 10.5 Å². The molecule has 1 heterocycles. The van der Waals surface area contributed by atoms with E-state index in [1.54, 1.807) is 0 Å². The molecule has 0 unspecified atom stereocenters. The van der Waals surface area contributed by atoms with Gasteiger partial charge < -0.3 is 4.74 Å². The maximum absolute atomic E-state index is 11.4. The van der Waals surface area contributed by atoms with Crippen LogP contribution in [0.15, 0.2) is 0 Å². The molecule has 0 bridgehead atoms. The first-order valence-electron chi connectivity index (χ1n) is 4.17. The molecule has 0 aliphatic carbocycles. The van der Waals surface area contributed by atoms with Gasteiger partial charge in [-0.3, -0.25) is 19.2 Å². The average molecular weight is 322 g/mol. The summed E-state index contributed by atoms with van der Waals surface area (Å²) in [5.74, 6) is 0. The van der Waals surface area contributed by atoms with Crippen LogP contribution in [0.5, 0.6) is 0 Å². The van der Waals surface area contributed by atoms with E-state index in [1.807, 2.05) is 0 Å². The van der Waals surface area contributed by atoms with Crippen molar-refractivity contribution >= 4 is 67.4 Å². The largest absolute Gasteiger partial charge is 0.356 e. The zero-order valence-electron chi connectivity index (χ0n) is 7.97. The zero-order valence-corrected chi connectivity index (χ0v) is 11.0. The van der Waals surface area contributed by atoms with Crippen LogP contribution in [0.2, 0.25) is 0 Å². The van der Waals surface area contributed by atoms with Crippen LogP contribution in [0.25, 0.3) is 0 Å². The number of hydrogen-bond acceptors (Lipinski definition) is 5. The molecule has 5 nitrogen and oxygen atoms in total. The van der Waals surface area contributed by atoms with Gasteiger partial charge in [0.05, 0.1) is 6.61 Å². The molecule has 0 saturated carbocycles. The van der Waals surface area contributed by atoms with Crippen LogP contribution >= 0.6 is 46.4 Å². The lowest BCUT2D eigenvalue weighted by atomic mass is 9.74. The van der Waals surface area contributed by atoms with E-state index in [4.69, 9.17) is 51.1 Å². The topological polar surface area (TPSA) is 77.5 Å². The van der Waals surface area contributed by atoms with E-state index in [2.05, 4.69) is 0 Å². The van der Waals surface area contributed by atoms with Crippen molar-refractivity contribution in [2.45, 2.75) is 12.0 Å². The van der Waals surface area contributed by atoms with Gasteiger partial charge in [0.2, 0.25) is 16.1 Å². The van der Waals surface area contributed by atoms with Crippen molar-refractivity contribution in [3.8, 4) is 0 Å². The van der Waals surface area contributed by atoms with Gasteiger partial charge in [0.15, 0.2) is 5.41 Å². The summed E-state index contributed by atoms with van der Waals surface area (Å²) in [7, 11) is 0. The second-order valence-corrected chi connectivity index (χ2v) is 4.65. The Morgan fingerprint density at radius 3 is 1.47 bits per heavy atom. The average Bonchev–Trinajstić information content (AvgIpc) is 2.58. The highest BCUT2D eigenvalue weighted by atomic mass is 35.5. The summed E-state index contributed by atoms with van der Waals surface area (Å²) in [6.45, 7) is -0.284. The monoisotopic (exact) mass is 320 g/mol. The molecule has 1 fully saturated rings. The van der Waals surface area contributed by atoms with Crippen LogP contribution in [-0.4, -0.2) is 33.2 Å². The SMILES string of the molecule is O=C(Cl)C1(C(=O)Cl)CCOC1(C(=O)Cl)C(=O)Cl. The molecule has 0 amide bonds. The van der Waals surface area contributed by atoms with E-state index in [1.165, 1.54) is 0 Å². The summed E-state index contributed by atoms with van der Waals surface area (Å²) in [5, 5.41) is -5.48. The molecule has 94 valence electrons. The van der Waals surface area contributed by atoms with Gasteiger partial charge in [-0.2, -0.15) is 0 Å². The molecular weight excluding hydrogens is 318 g/mol. The molecule has 0 atom stereocenters. The van der Waals surface area contributed by atoms with E-state index in [9.17, 15) is 19.2 Å². The van der Waals surface area contributed by atoms with E-state index >= 15 is 0 Å². The Morgan fingerprint density at radius 2 is 1.24 bits per heavy atom. The standard InChI is InChI=1S/C8H4Cl4O5/c9-3(13)7(4(10)14)1-2-17-8(7,5(11)15)6(12)16/h1-2H2. The summed E-state index contributed by atoms with van der Waals surface area (Å²) in [6.07, 6.45) is -0.353. The van der Waals surface area contributed by atoms with E-state index in [0.717, 1.165) is 0 Å². The quantitative estimate of drug-likeness (QED) is 0.574. The van der Waals surface area contributed by atoms with Gasteiger partial charge in [0, 0.05) is 0 Å². The molecule has 1 saturated heterocycles. The molecule has 0 radical (unpaired) electrons. The summed E-state index contributed by atoms with van der Waals surface area (Å²) >= 11 is 21.0. The third-order valence-electron chi connectivity index (χ3n) is 2.62. The molecule has 0 aromatic heterocycles. The first kappa shape index (κ1) is 14.9. The van der Waals surface area contributed by atoms with Gasteiger partial charge in [-0.05, 0) is 52.8 Å². The Balaban J connectivity index is 3.58. The molecule has 0 spiro atoms. The van der Waals surface area contributed by atoms with Crippen molar-refractivity contribution in [1.82, 2.24) is 0 Å². The number of hydrogen-bond donors (Lipinski definition) is 0. The fraction of sp³-hybridized carbons (Fsp3) is 0.500. The van der Waals surface area contributed by atoms with E-state index < -0.39 is 32.0 Å². The summed E-state index contributed by atoms with van der Waals surface area (Å²) < 4.78 is 4.83. The zero-order chi connectivity index (χ0) is 13.4. The number of carbonyl (C=O) groups excluding carboxylic acids is 4. The molecular formula is C8H4Cl4O5. The van der Waals surface area contributed by atoms with Gasteiger partial charge in [-0.15, -0.1) is 0 Å². The normalized spacial score (nSPS) is 20.9. The van der Waals surface area contributed by atoms with Crippen molar-refractivity contribution in [2.75, 3.05) is 6.61 Å². The fourth-order valence-electron chi connectivity index (χ4n) is 1.73. The van der Waals surface area contributed by atoms with Crippen LogP contribution in [0.1, 0.15) is 6.42 Å². The first-order valence-corrected chi connectivity index (χ1v) is 5.68. The maximum Gasteiger partial charge on any atom is 0.264 e. The highest BCUT2D eigenvalue weighted by molar-refractivity contribution is 6.81. The predicted molar refractivity (Wildman–Crippen MR) is 59.2 cm³/mol. The van der Waals surface area contributed by atoms with Crippen molar-refractivity contribution in [2.24, 2.45) is 5.41 Å². The lowest BCUT2D eigenvalue weighted by Gasteiger charge is -2.32. The second-order valence-electron chi connectivity index (χ2n) is 3.28. The third-order valence-corrected chi connectivity index (χ3v) is 3.80. The predicted octanol–water partition coefficient (Wildman–Crippen LogP) is 1.19. The van der Waals surface area contributed by atoms with Crippen LogP contribution in [0.3, 0.4) is 0 Å². The molecule has 0 aromatic carbocycles. The Bertz CT molecular complexity index is 352. The van der Waals surface area contributed by atoms with Gasteiger partial charge in [-0.25, -0.2) is 0 Å². The molecule has 17 heavy (non-hydrogen) atoms. The van der Waals surface area contributed by atoms with Crippen molar-refractivity contribution < 1.29 is 23.9 Å². The maximum atomic E-state index is 11.4. The van der Waals surface area contributed by atoms with Gasteiger partial charge in [0.1, 0.15) is 0 Å². The fourth-order valence-corrected chi connectivity index (χ4v) is 3.06. The molecule has 1 rings (SSSR count). The molecule has 0 N–H and O–H groups in total. The van der Waals surface area contributed by atoms with Crippen molar-refractivity contribution in [1.29, 1.82) is 0 Å². The molecule has 1 aliphatic heterocycles. The summed E-state index contributed by atoms with van der Waals surface area (Å²) in [4.78, 5) is 45.5. The Hall–Kier alpha value is -0.200. The minimum atomic E-state index is -2.66. The highest BCUT2D eigenvalue weighted by Gasteiger charge is 2.72. The molecule has 1 aliphatic rings. The van der Waals surface area contributed by atoms with Crippen LogP contribution in [-0.2, 0) is 23.9 Å². The minimum Gasteiger partial charge on any atom is -0.356 e. The Kier molecular flexibility index (Phi) is 4.21. The van der Waals surface area contributed by atoms with Gasteiger partial charge >= 0.3 is 0 Å². The molecule has 9 heteroatoms. The Morgan fingerprint density at radius 1 is 0.824 bits per heavy atom. The van der Waals surface area contributed by atoms with Crippen LogP contribution < -0.4 is 0 Å². The molecule has 0 aromatic rings. The number of halogens is 4. The lowest BCUT2D eigenvalue weighted by molar-refractivity contribution is -0.160. The second kappa shape index (κ2) is 4.82. The smallest absolute Gasteiger partial charge is 0.264 e. The van der Waals surface area contributed by atoms with Crippen LogP contribution in [0, 0.1) is 5.41 Å². The minimum absolute atomic E-state index is 0.284. The highest BCUT2D eigenvalue weighted by Crippen LogP contribution is 2.49. The van der Waals surface area contributed by atoms with Crippen molar-refractivity contribution in [3.05, 3.63) is 0 Å². The van der Waals surface area contributed by atoms with E-state index in [0.29, 0.717) is 0 Å². The number of rotatable bonds is 4.